The number of piperidine rings is 1. The Morgan fingerprint density at radius 2 is 1.78 bits per heavy atom. The number of hydrogen-bond acceptors (Lipinski definition) is 7. The van der Waals surface area contributed by atoms with E-state index in [1.807, 2.05) is 24.3 Å². The van der Waals surface area contributed by atoms with Crippen LogP contribution in [0.3, 0.4) is 0 Å². The third kappa shape index (κ3) is 6.18. The SMILES string of the molecule is O=C(Nc1ccccc1Nc1nc(Nc2ccc(C(=O)N3CCCC(CO)C3)cc2)ncc1Cl)C1CC1. The molecular formula is C27H29ClN6O3. The first kappa shape index (κ1) is 25.0. The summed E-state index contributed by atoms with van der Waals surface area (Å²) in [6, 6.07) is 14.5. The smallest absolute Gasteiger partial charge is 0.253 e. The summed E-state index contributed by atoms with van der Waals surface area (Å²) >= 11 is 6.36. The van der Waals surface area contributed by atoms with Gasteiger partial charge in [-0.2, -0.15) is 4.98 Å². The molecule has 2 fully saturated rings. The second-order valence-corrected chi connectivity index (χ2v) is 9.88. The highest BCUT2D eigenvalue weighted by atomic mass is 35.5. The molecule has 1 saturated heterocycles. The molecule has 1 unspecified atom stereocenters. The van der Waals surface area contributed by atoms with Crippen molar-refractivity contribution in [3.05, 3.63) is 65.3 Å². The number of carbonyl (C=O) groups is 2. The summed E-state index contributed by atoms with van der Waals surface area (Å²) in [5.41, 5.74) is 2.64. The molecule has 9 nitrogen and oxygen atoms in total. The summed E-state index contributed by atoms with van der Waals surface area (Å²) in [6.07, 6.45) is 5.19. The van der Waals surface area contributed by atoms with Crippen molar-refractivity contribution in [2.75, 3.05) is 35.6 Å². The third-order valence-electron chi connectivity index (χ3n) is 6.58. The molecule has 1 aliphatic carbocycles. The highest BCUT2D eigenvalue weighted by molar-refractivity contribution is 6.33. The number of benzene rings is 2. The Balaban J connectivity index is 1.26. The van der Waals surface area contributed by atoms with Gasteiger partial charge in [-0.1, -0.05) is 23.7 Å². The summed E-state index contributed by atoms with van der Waals surface area (Å²) in [7, 11) is 0. The van der Waals surface area contributed by atoms with E-state index in [1.165, 1.54) is 6.20 Å². The molecule has 1 atom stereocenters. The van der Waals surface area contributed by atoms with Gasteiger partial charge in [0.1, 0.15) is 5.02 Å². The first-order valence-corrected chi connectivity index (χ1v) is 12.8. The maximum atomic E-state index is 12.9. The lowest BCUT2D eigenvalue weighted by Crippen LogP contribution is -2.40. The molecule has 1 saturated carbocycles. The van der Waals surface area contributed by atoms with Crippen molar-refractivity contribution in [1.29, 1.82) is 0 Å². The lowest BCUT2D eigenvalue weighted by Gasteiger charge is -2.31. The first-order valence-electron chi connectivity index (χ1n) is 12.5. The van der Waals surface area contributed by atoms with E-state index < -0.39 is 0 Å². The van der Waals surface area contributed by atoms with Crippen molar-refractivity contribution in [2.45, 2.75) is 25.7 Å². The number of hydrogen-bond donors (Lipinski definition) is 4. The summed E-state index contributed by atoms with van der Waals surface area (Å²) in [6.45, 7) is 1.39. The van der Waals surface area contributed by atoms with Crippen LogP contribution in [0.5, 0.6) is 0 Å². The van der Waals surface area contributed by atoms with Crippen LogP contribution in [0.4, 0.5) is 28.8 Å². The Morgan fingerprint density at radius 1 is 1.03 bits per heavy atom. The number of amides is 2. The Labute approximate surface area is 220 Å². The number of nitrogens with zero attached hydrogens (tertiary/aromatic N) is 3. The molecule has 10 heteroatoms. The molecule has 1 aliphatic heterocycles. The lowest BCUT2D eigenvalue weighted by molar-refractivity contribution is -0.117. The van der Waals surface area contributed by atoms with E-state index in [9.17, 15) is 14.7 Å². The van der Waals surface area contributed by atoms with E-state index >= 15 is 0 Å². The zero-order valence-corrected chi connectivity index (χ0v) is 21.0. The lowest BCUT2D eigenvalue weighted by atomic mass is 9.98. The predicted molar refractivity (Wildman–Crippen MR) is 144 cm³/mol. The molecule has 0 bridgehead atoms. The fourth-order valence-corrected chi connectivity index (χ4v) is 4.47. The standard InChI is InChI=1S/C27H29ClN6O3/c28-21-14-29-27(33-24(21)31-22-5-1-2-6-23(22)32-25(36)18-7-8-18)30-20-11-9-19(10-12-20)26(37)34-13-3-4-17(15-34)16-35/h1-2,5-6,9-12,14,17-18,35H,3-4,7-8,13,15-16H2,(H,32,36)(H2,29,30,31,33). The molecule has 192 valence electrons. The van der Waals surface area contributed by atoms with Crippen LogP contribution in [0, 0.1) is 11.8 Å². The van der Waals surface area contributed by atoms with Crippen LogP contribution < -0.4 is 16.0 Å². The Hall–Kier alpha value is -3.69. The molecule has 0 radical (unpaired) electrons. The predicted octanol–water partition coefficient (Wildman–Crippen LogP) is 4.81. The normalized spacial score (nSPS) is 17.2. The van der Waals surface area contributed by atoms with Gasteiger partial charge >= 0.3 is 0 Å². The van der Waals surface area contributed by atoms with Crippen molar-refractivity contribution >= 4 is 52.2 Å². The summed E-state index contributed by atoms with van der Waals surface area (Å²) in [5.74, 6) is 0.928. The summed E-state index contributed by atoms with van der Waals surface area (Å²) < 4.78 is 0. The van der Waals surface area contributed by atoms with E-state index in [0.717, 1.165) is 25.7 Å². The maximum Gasteiger partial charge on any atom is 0.253 e. The number of rotatable bonds is 8. The van der Waals surface area contributed by atoms with Gasteiger partial charge in [-0.3, -0.25) is 9.59 Å². The number of anilines is 5. The molecule has 37 heavy (non-hydrogen) atoms. The van der Waals surface area contributed by atoms with Crippen LogP contribution in [-0.2, 0) is 4.79 Å². The van der Waals surface area contributed by atoms with Gasteiger partial charge in [0, 0.05) is 36.9 Å². The van der Waals surface area contributed by atoms with E-state index in [4.69, 9.17) is 11.6 Å². The Kier molecular flexibility index (Phi) is 7.52. The Bertz CT molecular complexity index is 1280. The quantitative estimate of drug-likeness (QED) is 0.336. The maximum absolute atomic E-state index is 12.9. The number of halogens is 1. The highest BCUT2D eigenvalue weighted by Crippen LogP contribution is 2.33. The van der Waals surface area contributed by atoms with E-state index in [0.29, 0.717) is 52.5 Å². The van der Waals surface area contributed by atoms with Gasteiger partial charge in [0.25, 0.3) is 5.91 Å². The average Bonchev–Trinajstić information content (AvgIpc) is 3.78. The minimum atomic E-state index is -0.0358. The molecule has 2 heterocycles. The number of aromatic nitrogens is 2. The molecular weight excluding hydrogens is 492 g/mol. The number of para-hydroxylation sites is 2. The minimum Gasteiger partial charge on any atom is -0.396 e. The average molecular weight is 521 g/mol. The van der Waals surface area contributed by atoms with E-state index in [2.05, 4.69) is 25.9 Å². The van der Waals surface area contributed by atoms with Gasteiger partial charge in [0.15, 0.2) is 5.82 Å². The van der Waals surface area contributed by atoms with Gasteiger partial charge in [0.05, 0.1) is 17.6 Å². The monoisotopic (exact) mass is 520 g/mol. The van der Waals surface area contributed by atoms with E-state index in [-0.39, 0.29) is 30.3 Å². The van der Waals surface area contributed by atoms with Crippen LogP contribution in [0.2, 0.25) is 5.02 Å². The molecule has 5 rings (SSSR count). The molecule has 3 aromatic rings. The van der Waals surface area contributed by atoms with Crippen molar-refractivity contribution < 1.29 is 14.7 Å². The number of nitrogens with one attached hydrogen (secondary N) is 3. The summed E-state index contributed by atoms with van der Waals surface area (Å²) in [5, 5.41) is 19.1. The molecule has 4 N–H and O–H groups in total. The van der Waals surface area contributed by atoms with Gasteiger partial charge in [-0.25, -0.2) is 4.98 Å². The molecule has 0 spiro atoms. The number of aliphatic hydroxyl groups is 1. The summed E-state index contributed by atoms with van der Waals surface area (Å²) in [4.78, 5) is 35.7. The number of aliphatic hydroxyl groups excluding tert-OH is 1. The zero-order valence-electron chi connectivity index (χ0n) is 20.3. The topological polar surface area (TPSA) is 119 Å². The van der Waals surface area contributed by atoms with Crippen molar-refractivity contribution in [3.8, 4) is 0 Å². The van der Waals surface area contributed by atoms with Gasteiger partial charge in [0.2, 0.25) is 11.9 Å². The molecule has 2 amide bonds. The van der Waals surface area contributed by atoms with Crippen molar-refractivity contribution in [3.63, 3.8) is 0 Å². The van der Waals surface area contributed by atoms with Gasteiger partial charge in [-0.05, 0) is 68.0 Å². The van der Waals surface area contributed by atoms with E-state index in [1.54, 1.807) is 29.2 Å². The third-order valence-corrected chi connectivity index (χ3v) is 6.86. The first-order chi connectivity index (χ1) is 18.0. The second-order valence-electron chi connectivity index (χ2n) is 9.47. The largest absolute Gasteiger partial charge is 0.396 e. The fraction of sp³-hybridized carbons (Fsp3) is 0.333. The molecule has 1 aromatic heterocycles. The fourth-order valence-electron chi connectivity index (χ4n) is 4.33. The zero-order chi connectivity index (χ0) is 25.8. The Morgan fingerprint density at radius 3 is 2.51 bits per heavy atom. The van der Waals surface area contributed by atoms with Crippen LogP contribution in [-0.4, -0.2) is 51.5 Å². The van der Waals surface area contributed by atoms with Crippen LogP contribution in [0.15, 0.2) is 54.7 Å². The number of carbonyl (C=O) groups excluding carboxylic acids is 2. The van der Waals surface area contributed by atoms with Crippen LogP contribution >= 0.6 is 11.6 Å². The van der Waals surface area contributed by atoms with Crippen LogP contribution in [0.25, 0.3) is 0 Å². The van der Waals surface area contributed by atoms with Crippen molar-refractivity contribution in [2.24, 2.45) is 11.8 Å². The highest BCUT2D eigenvalue weighted by Gasteiger charge is 2.30. The number of likely N-dealkylation sites (tertiary alicyclic amines) is 1. The van der Waals surface area contributed by atoms with Gasteiger partial charge < -0.3 is 26.0 Å². The van der Waals surface area contributed by atoms with Crippen LogP contribution in [0.1, 0.15) is 36.0 Å². The molecule has 2 aliphatic rings. The molecule has 2 aromatic carbocycles. The van der Waals surface area contributed by atoms with Crippen molar-refractivity contribution in [1.82, 2.24) is 14.9 Å². The van der Waals surface area contributed by atoms with Gasteiger partial charge in [-0.15, -0.1) is 0 Å². The second kappa shape index (κ2) is 11.1. The minimum absolute atomic E-state index is 0.0146.